The molecule has 146 valence electrons. The number of piperidine rings is 1. The fraction of sp³-hybridized carbons (Fsp3) is 0.429. The summed E-state index contributed by atoms with van der Waals surface area (Å²) in [6.45, 7) is 4.21. The molecule has 2 aromatic heterocycles. The van der Waals surface area contributed by atoms with Gasteiger partial charge in [0, 0.05) is 19.6 Å². The first-order valence-electron chi connectivity index (χ1n) is 9.92. The predicted molar refractivity (Wildman–Crippen MR) is 107 cm³/mol. The summed E-state index contributed by atoms with van der Waals surface area (Å²) in [6, 6.07) is 10.2. The van der Waals surface area contributed by atoms with Gasteiger partial charge in [0.2, 0.25) is 5.91 Å². The Hall–Kier alpha value is -2.96. The van der Waals surface area contributed by atoms with Crippen LogP contribution in [0.25, 0.3) is 11.1 Å². The molecule has 1 N–H and O–H groups in total. The molecule has 1 amide bonds. The lowest BCUT2D eigenvalue weighted by atomic mass is 9.96. The molecular formula is C21H25N5O2. The average molecular weight is 379 g/mol. The zero-order valence-corrected chi connectivity index (χ0v) is 16.1. The topological polar surface area (TPSA) is 84.2 Å². The molecular weight excluding hydrogens is 354 g/mol. The van der Waals surface area contributed by atoms with E-state index in [0.717, 1.165) is 49.1 Å². The number of nitrogens with zero attached hydrogens (tertiary/aromatic N) is 4. The normalized spacial score (nSPS) is 17.0. The van der Waals surface area contributed by atoms with Crippen LogP contribution in [0.1, 0.15) is 31.0 Å². The SMILES string of the molecule is CCc1noc2ncnc(N3CCC[C@H](C(=O)NCCc4ccccc4)C3)c12. The molecule has 0 saturated carbocycles. The van der Waals surface area contributed by atoms with Crippen LogP contribution in [0.15, 0.2) is 41.2 Å². The number of carbonyl (C=O) groups is 1. The van der Waals surface area contributed by atoms with E-state index < -0.39 is 0 Å². The molecule has 1 aliphatic heterocycles. The zero-order valence-electron chi connectivity index (χ0n) is 16.1. The highest BCUT2D eigenvalue weighted by Gasteiger charge is 2.28. The van der Waals surface area contributed by atoms with E-state index >= 15 is 0 Å². The third-order valence-corrected chi connectivity index (χ3v) is 5.31. The molecule has 1 fully saturated rings. The Morgan fingerprint density at radius 1 is 1.29 bits per heavy atom. The number of hydrogen-bond acceptors (Lipinski definition) is 6. The summed E-state index contributed by atoms with van der Waals surface area (Å²) in [5, 5.41) is 8.08. The Bertz CT molecular complexity index is 940. The van der Waals surface area contributed by atoms with Gasteiger partial charge in [0.1, 0.15) is 17.5 Å². The van der Waals surface area contributed by atoms with Gasteiger partial charge in [-0.2, -0.15) is 4.98 Å². The standard InChI is InChI=1S/C21H25N5O2/c1-2-17-18-19(23-14-24-21(18)28-25-17)26-12-6-9-16(13-26)20(27)22-11-10-15-7-4-3-5-8-15/h3-5,7-8,14,16H,2,6,9-13H2,1H3,(H,22,27)/t16-/m0/s1. The van der Waals surface area contributed by atoms with Gasteiger partial charge < -0.3 is 14.7 Å². The number of anilines is 1. The van der Waals surface area contributed by atoms with E-state index in [2.05, 4.69) is 37.5 Å². The van der Waals surface area contributed by atoms with E-state index in [0.29, 0.717) is 18.8 Å². The maximum atomic E-state index is 12.7. The van der Waals surface area contributed by atoms with Gasteiger partial charge in [-0.1, -0.05) is 42.4 Å². The third-order valence-electron chi connectivity index (χ3n) is 5.31. The van der Waals surface area contributed by atoms with Crippen LogP contribution in [0, 0.1) is 5.92 Å². The second-order valence-electron chi connectivity index (χ2n) is 7.17. The molecule has 1 saturated heterocycles. The van der Waals surface area contributed by atoms with Crippen molar-refractivity contribution in [3.8, 4) is 0 Å². The van der Waals surface area contributed by atoms with E-state index in [9.17, 15) is 4.79 Å². The molecule has 0 bridgehead atoms. The number of aromatic nitrogens is 3. The van der Waals surface area contributed by atoms with Crippen LogP contribution in [0.5, 0.6) is 0 Å². The van der Waals surface area contributed by atoms with Crippen molar-refractivity contribution < 1.29 is 9.32 Å². The Morgan fingerprint density at radius 2 is 2.14 bits per heavy atom. The molecule has 1 aliphatic rings. The molecule has 1 atom stereocenters. The zero-order chi connectivity index (χ0) is 19.3. The minimum absolute atomic E-state index is 0.0422. The lowest BCUT2D eigenvalue weighted by molar-refractivity contribution is -0.125. The van der Waals surface area contributed by atoms with Crippen LogP contribution in [-0.2, 0) is 17.6 Å². The third kappa shape index (κ3) is 3.83. The Morgan fingerprint density at radius 3 is 2.96 bits per heavy atom. The minimum Gasteiger partial charge on any atom is -0.355 e. The summed E-state index contributed by atoms with van der Waals surface area (Å²) in [5.74, 6) is 0.899. The van der Waals surface area contributed by atoms with Gasteiger partial charge in [0.25, 0.3) is 5.71 Å². The number of hydrogen-bond donors (Lipinski definition) is 1. The van der Waals surface area contributed by atoms with E-state index in [4.69, 9.17) is 4.52 Å². The average Bonchev–Trinajstić information content (AvgIpc) is 3.18. The van der Waals surface area contributed by atoms with E-state index in [1.54, 1.807) is 0 Å². The molecule has 0 spiro atoms. The van der Waals surface area contributed by atoms with Crippen LogP contribution in [0.2, 0.25) is 0 Å². The fourth-order valence-electron chi connectivity index (χ4n) is 3.81. The van der Waals surface area contributed by atoms with Gasteiger partial charge >= 0.3 is 0 Å². The summed E-state index contributed by atoms with van der Waals surface area (Å²) < 4.78 is 5.33. The van der Waals surface area contributed by atoms with Crippen molar-refractivity contribution in [2.75, 3.05) is 24.5 Å². The number of carbonyl (C=O) groups excluding carboxylic acids is 1. The van der Waals surface area contributed by atoms with Crippen molar-refractivity contribution in [3.05, 3.63) is 47.9 Å². The van der Waals surface area contributed by atoms with Gasteiger partial charge in [-0.15, -0.1) is 0 Å². The van der Waals surface area contributed by atoms with Crippen molar-refractivity contribution >= 4 is 22.8 Å². The van der Waals surface area contributed by atoms with Crippen LogP contribution in [0.3, 0.4) is 0 Å². The summed E-state index contributed by atoms with van der Waals surface area (Å²) in [4.78, 5) is 23.5. The monoisotopic (exact) mass is 379 g/mol. The predicted octanol–water partition coefficient (Wildman–Crippen LogP) is 2.76. The number of amides is 1. The molecule has 3 aromatic rings. The van der Waals surface area contributed by atoms with Crippen LogP contribution < -0.4 is 10.2 Å². The largest absolute Gasteiger partial charge is 0.355 e. The number of nitrogens with one attached hydrogen (secondary N) is 1. The molecule has 28 heavy (non-hydrogen) atoms. The lowest BCUT2D eigenvalue weighted by Gasteiger charge is -2.33. The highest BCUT2D eigenvalue weighted by Crippen LogP contribution is 2.30. The van der Waals surface area contributed by atoms with Gasteiger partial charge in [0.05, 0.1) is 11.6 Å². The summed E-state index contributed by atoms with van der Waals surface area (Å²) >= 11 is 0. The fourth-order valence-corrected chi connectivity index (χ4v) is 3.81. The molecule has 3 heterocycles. The molecule has 7 heteroatoms. The molecule has 1 aromatic carbocycles. The van der Waals surface area contributed by atoms with Gasteiger partial charge in [-0.25, -0.2) is 4.98 Å². The first kappa shape index (κ1) is 18.4. The maximum absolute atomic E-state index is 12.7. The second-order valence-corrected chi connectivity index (χ2v) is 7.17. The Balaban J connectivity index is 1.42. The lowest BCUT2D eigenvalue weighted by Crippen LogP contribution is -2.44. The van der Waals surface area contributed by atoms with Crippen molar-refractivity contribution in [2.45, 2.75) is 32.6 Å². The molecule has 0 unspecified atom stereocenters. The Labute approximate surface area is 164 Å². The van der Waals surface area contributed by atoms with Gasteiger partial charge in [-0.3, -0.25) is 4.79 Å². The van der Waals surface area contributed by atoms with Crippen LogP contribution >= 0.6 is 0 Å². The van der Waals surface area contributed by atoms with Gasteiger partial charge in [0.15, 0.2) is 0 Å². The Kier molecular flexibility index (Phi) is 5.50. The van der Waals surface area contributed by atoms with Crippen LogP contribution in [0.4, 0.5) is 5.82 Å². The second kappa shape index (κ2) is 8.37. The number of rotatable bonds is 6. The van der Waals surface area contributed by atoms with Gasteiger partial charge in [-0.05, 0) is 31.2 Å². The molecule has 4 rings (SSSR count). The maximum Gasteiger partial charge on any atom is 0.263 e. The number of aryl methyl sites for hydroxylation is 1. The highest BCUT2D eigenvalue weighted by molar-refractivity contribution is 5.88. The smallest absolute Gasteiger partial charge is 0.263 e. The van der Waals surface area contributed by atoms with Crippen molar-refractivity contribution in [3.63, 3.8) is 0 Å². The minimum atomic E-state index is -0.0422. The first-order chi connectivity index (χ1) is 13.8. The van der Waals surface area contributed by atoms with E-state index in [1.807, 2.05) is 25.1 Å². The highest BCUT2D eigenvalue weighted by atomic mass is 16.5. The molecule has 7 nitrogen and oxygen atoms in total. The summed E-state index contributed by atoms with van der Waals surface area (Å²) in [5.41, 5.74) is 2.60. The summed E-state index contributed by atoms with van der Waals surface area (Å²) in [7, 11) is 0. The van der Waals surface area contributed by atoms with Crippen molar-refractivity contribution in [2.24, 2.45) is 5.92 Å². The van der Waals surface area contributed by atoms with Crippen molar-refractivity contribution in [1.29, 1.82) is 0 Å². The molecule has 0 radical (unpaired) electrons. The molecule has 0 aliphatic carbocycles. The first-order valence-corrected chi connectivity index (χ1v) is 9.92. The summed E-state index contributed by atoms with van der Waals surface area (Å²) in [6.07, 6.45) is 4.95. The van der Waals surface area contributed by atoms with Crippen molar-refractivity contribution in [1.82, 2.24) is 20.4 Å². The number of benzene rings is 1. The van der Waals surface area contributed by atoms with Crippen LogP contribution in [-0.4, -0.2) is 40.7 Å². The quantitative estimate of drug-likeness (QED) is 0.709. The van der Waals surface area contributed by atoms with E-state index in [-0.39, 0.29) is 11.8 Å². The van der Waals surface area contributed by atoms with E-state index in [1.165, 1.54) is 11.9 Å². The number of fused-ring (bicyclic) bond motifs is 1.